The number of anilines is 1. The van der Waals surface area contributed by atoms with E-state index in [1.54, 1.807) is 17.0 Å². The molecule has 5 rings (SSSR count). The molecule has 184 valence electrons. The van der Waals surface area contributed by atoms with Crippen molar-refractivity contribution in [1.82, 2.24) is 25.1 Å². The van der Waals surface area contributed by atoms with E-state index >= 15 is 0 Å². The lowest BCUT2D eigenvalue weighted by atomic mass is 10.1. The molecule has 0 unspecified atom stereocenters. The highest BCUT2D eigenvalue weighted by Gasteiger charge is 2.33. The first-order chi connectivity index (χ1) is 17.0. The number of ether oxygens (including phenoxy) is 1. The van der Waals surface area contributed by atoms with Crippen molar-refractivity contribution in [2.75, 3.05) is 31.2 Å². The van der Waals surface area contributed by atoms with Crippen molar-refractivity contribution in [2.24, 2.45) is 0 Å². The van der Waals surface area contributed by atoms with Crippen LogP contribution in [-0.4, -0.2) is 63.3 Å². The number of hydrogen-bond acceptors (Lipinski definition) is 8. The molecule has 3 aromatic rings. The molecule has 3 heterocycles. The summed E-state index contributed by atoms with van der Waals surface area (Å²) >= 11 is 5.94. The van der Waals surface area contributed by atoms with Crippen LogP contribution in [0.15, 0.2) is 33.5 Å². The Morgan fingerprint density at radius 3 is 2.63 bits per heavy atom. The number of hydrogen-bond donors (Lipinski definition) is 1. The first-order valence-electron chi connectivity index (χ1n) is 11.8. The van der Waals surface area contributed by atoms with Crippen molar-refractivity contribution >= 4 is 23.5 Å². The zero-order chi connectivity index (χ0) is 24.4. The first kappa shape index (κ1) is 23.5. The number of carbonyl (C=O) groups is 1. The van der Waals surface area contributed by atoms with E-state index in [1.807, 2.05) is 24.0 Å². The van der Waals surface area contributed by atoms with Crippen molar-refractivity contribution < 1.29 is 13.9 Å². The topological polar surface area (TPSA) is 117 Å². The summed E-state index contributed by atoms with van der Waals surface area (Å²) in [6, 6.07) is 7.29. The number of H-pyrrole nitrogens is 1. The second kappa shape index (κ2) is 10.2. The zero-order valence-corrected chi connectivity index (χ0v) is 20.3. The third-order valence-corrected chi connectivity index (χ3v) is 6.53. The Kier molecular flexibility index (Phi) is 6.83. The highest BCUT2D eigenvalue weighted by molar-refractivity contribution is 6.30. The summed E-state index contributed by atoms with van der Waals surface area (Å²) in [6.07, 6.45) is 2.41. The number of nitrogens with zero attached hydrogens (tertiary/aromatic N) is 5. The van der Waals surface area contributed by atoms with Crippen molar-refractivity contribution in [3.8, 4) is 11.5 Å². The Hall–Kier alpha value is -3.24. The first-order valence-corrected chi connectivity index (χ1v) is 12.2. The van der Waals surface area contributed by atoms with Gasteiger partial charge < -0.3 is 19.0 Å². The van der Waals surface area contributed by atoms with Gasteiger partial charge >= 0.3 is 0 Å². The van der Waals surface area contributed by atoms with Crippen LogP contribution in [0.5, 0.6) is 0 Å². The minimum atomic E-state index is -0.200. The molecule has 1 saturated carbocycles. The summed E-state index contributed by atoms with van der Waals surface area (Å²) in [7, 11) is 0. The molecule has 11 heteroatoms. The number of aromatic nitrogens is 4. The van der Waals surface area contributed by atoms with Gasteiger partial charge in [-0.2, -0.15) is 0 Å². The molecule has 1 aromatic carbocycles. The molecule has 0 radical (unpaired) electrons. The Bertz CT molecular complexity index is 1250. The van der Waals surface area contributed by atoms with Gasteiger partial charge in [0.2, 0.25) is 23.6 Å². The van der Waals surface area contributed by atoms with Crippen molar-refractivity contribution in [1.29, 1.82) is 0 Å². The highest BCUT2D eigenvalue weighted by Crippen LogP contribution is 2.30. The smallest absolute Gasteiger partial charge is 0.255 e. The number of aryl methyl sites for hydroxylation is 1. The molecule has 2 aliphatic rings. The Morgan fingerprint density at radius 2 is 1.94 bits per heavy atom. The molecule has 2 fully saturated rings. The second-order valence-corrected chi connectivity index (χ2v) is 9.25. The van der Waals surface area contributed by atoms with E-state index in [2.05, 4.69) is 20.2 Å². The molecule has 1 aliphatic heterocycles. The zero-order valence-electron chi connectivity index (χ0n) is 19.5. The number of amides is 1. The number of benzene rings is 1. The van der Waals surface area contributed by atoms with Gasteiger partial charge in [0.05, 0.1) is 19.8 Å². The number of carbonyl (C=O) groups excluding carboxylic acids is 1. The minimum absolute atomic E-state index is 0.0465. The maximum absolute atomic E-state index is 13.1. The van der Waals surface area contributed by atoms with Gasteiger partial charge in [0, 0.05) is 47.4 Å². The van der Waals surface area contributed by atoms with Gasteiger partial charge in [-0.15, -0.1) is 10.2 Å². The molecule has 1 N–H and O–H groups in total. The average Bonchev–Trinajstić information content (AvgIpc) is 3.60. The summed E-state index contributed by atoms with van der Waals surface area (Å²) in [5.74, 6) is 1.27. The molecule has 0 spiro atoms. The van der Waals surface area contributed by atoms with E-state index in [-0.39, 0.29) is 30.5 Å². The third kappa shape index (κ3) is 5.54. The molecule has 1 saturated heterocycles. The monoisotopic (exact) mass is 498 g/mol. The highest BCUT2D eigenvalue weighted by atomic mass is 35.5. The van der Waals surface area contributed by atoms with E-state index < -0.39 is 0 Å². The van der Waals surface area contributed by atoms with Gasteiger partial charge in [-0.25, -0.2) is 4.98 Å². The minimum Gasteiger partial charge on any atom is -0.419 e. The normalized spacial score (nSPS) is 15.9. The van der Waals surface area contributed by atoms with Crippen LogP contribution in [0.25, 0.3) is 11.5 Å². The second-order valence-electron chi connectivity index (χ2n) is 8.81. The molecular formula is C24H27ClN6O4. The van der Waals surface area contributed by atoms with Crippen molar-refractivity contribution in [3.63, 3.8) is 0 Å². The van der Waals surface area contributed by atoms with Crippen LogP contribution in [0, 0.1) is 6.92 Å². The standard InChI is InChI=1S/C24H27ClN6O4/c1-15-19(22(33)27-24(26-15)30-10-12-34-13-11-30)8-9-21(32)31(18-6-7-18)14-20-28-29-23(35-20)16-2-4-17(25)5-3-16/h2-5,18H,6-14H2,1H3,(H,26,27,33). The predicted octanol–water partition coefficient (Wildman–Crippen LogP) is 2.74. The molecule has 1 aliphatic carbocycles. The fraction of sp³-hybridized carbons (Fsp3) is 0.458. The summed E-state index contributed by atoms with van der Waals surface area (Å²) < 4.78 is 11.2. The summed E-state index contributed by atoms with van der Waals surface area (Å²) in [6.45, 7) is 4.65. The maximum Gasteiger partial charge on any atom is 0.255 e. The number of halogens is 1. The van der Waals surface area contributed by atoms with Crippen molar-refractivity contribution in [3.05, 3.63) is 56.8 Å². The Morgan fingerprint density at radius 1 is 1.20 bits per heavy atom. The molecule has 0 bridgehead atoms. The lowest BCUT2D eigenvalue weighted by Crippen LogP contribution is -2.39. The molecule has 35 heavy (non-hydrogen) atoms. The number of aromatic amines is 1. The van der Waals surface area contributed by atoms with Crippen LogP contribution in [0.1, 0.15) is 36.4 Å². The molecule has 2 aromatic heterocycles. The quantitative estimate of drug-likeness (QED) is 0.503. The van der Waals surface area contributed by atoms with Crippen LogP contribution in [-0.2, 0) is 22.5 Å². The summed E-state index contributed by atoms with van der Waals surface area (Å²) in [4.78, 5) is 37.1. The third-order valence-electron chi connectivity index (χ3n) is 6.28. The number of rotatable bonds is 8. The van der Waals surface area contributed by atoms with E-state index in [9.17, 15) is 9.59 Å². The van der Waals surface area contributed by atoms with E-state index in [0.717, 1.165) is 18.4 Å². The van der Waals surface area contributed by atoms with Gasteiger partial charge in [0.15, 0.2) is 0 Å². The van der Waals surface area contributed by atoms with Gasteiger partial charge in [-0.3, -0.25) is 14.6 Å². The Balaban J connectivity index is 1.24. The number of morpholine rings is 1. The lowest BCUT2D eigenvalue weighted by Gasteiger charge is -2.27. The largest absolute Gasteiger partial charge is 0.419 e. The molecule has 10 nitrogen and oxygen atoms in total. The van der Waals surface area contributed by atoms with Crippen LogP contribution >= 0.6 is 11.6 Å². The van der Waals surface area contributed by atoms with Crippen LogP contribution in [0.2, 0.25) is 5.02 Å². The van der Waals surface area contributed by atoms with Gasteiger partial charge in [-0.1, -0.05) is 11.6 Å². The van der Waals surface area contributed by atoms with Crippen molar-refractivity contribution in [2.45, 2.75) is 45.2 Å². The maximum atomic E-state index is 13.1. The lowest BCUT2D eigenvalue weighted by molar-refractivity contribution is -0.132. The SMILES string of the molecule is Cc1nc(N2CCOCC2)[nH]c(=O)c1CCC(=O)N(Cc1nnc(-c2ccc(Cl)cc2)o1)C1CC1. The van der Waals surface area contributed by atoms with Crippen LogP contribution < -0.4 is 10.5 Å². The van der Waals surface area contributed by atoms with E-state index in [4.69, 9.17) is 20.8 Å². The van der Waals surface area contributed by atoms with Gasteiger partial charge in [-0.05, 0) is 50.5 Å². The fourth-order valence-electron chi connectivity index (χ4n) is 4.17. The van der Waals surface area contributed by atoms with E-state index in [0.29, 0.717) is 66.7 Å². The van der Waals surface area contributed by atoms with Crippen LogP contribution in [0.3, 0.4) is 0 Å². The van der Waals surface area contributed by atoms with Crippen LogP contribution in [0.4, 0.5) is 5.95 Å². The average molecular weight is 499 g/mol. The fourth-order valence-corrected chi connectivity index (χ4v) is 4.30. The predicted molar refractivity (Wildman–Crippen MR) is 129 cm³/mol. The van der Waals surface area contributed by atoms with Gasteiger partial charge in [0.25, 0.3) is 5.56 Å². The molecule has 1 amide bonds. The van der Waals surface area contributed by atoms with E-state index in [1.165, 1.54) is 0 Å². The number of nitrogens with one attached hydrogen (secondary N) is 1. The summed E-state index contributed by atoms with van der Waals surface area (Å²) in [5, 5.41) is 8.86. The van der Waals surface area contributed by atoms with Gasteiger partial charge in [0.1, 0.15) is 0 Å². The summed E-state index contributed by atoms with van der Waals surface area (Å²) in [5.41, 5.74) is 1.74. The Labute approximate surface area is 207 Å². The molecule has 0 atom stereocenters. The molecular weight excluding hydrogens is 472 g/mol.